The van der Waals surface area contributed by atoms with E-state index in [0.29, 0.717) is 6.61 Å². The van der Waals surface area contributed by atoms with Gasteiger partial charge in [-0.2, -0.15) is 0 Å². The summed E-state index contributed by atoms with van der Waals surface area (Å²) in [6.07, 6.45) is 2.11. The van der Waals surface area contributed by atoms with E-state index >= 15 is 0 Å². The molecule has 3 heteroatoms. The van der Waals surface area contributed by atoms with E-state index in [1.807, 2.05) is 12.1 Å². The van der Waals surface area contributed by atoms with E-state index in [4.69, 9.17) is 4.74 Å². The van der Waals surface area contributed by atoms with Gasteiger partial charge in [0, 0.05) is 31.5 Å². The highest BCUT2D eigenvalue weighted by molar-refractivity contribution is 5.27. The molecule has 1 heterocycles. The lowest BCUT2D eigenvalue weighted by Gasteiger charge is -2.09. The first-order valence-corrected chi connectivity index (χ1v) is 6.84. The SMILES string of the molecule is CCn1cccc1CNCCOc1cccc(C)c1. The minimum Gasteiger partial charge on any atom is -0.492 e. The molecule has 1 N–H and O–H groups in total. The monoisotopic (exact) mass is 258 g/mol. The van der Waals surface area contributed by atoms with Crippen molar-refractivity contribution in [3.8, 4) is 5.75 Å². The molecule has 0 spiro atoms. The molecule has 0 aliphatic heterocycles. The fourth-order valence-electron chi connectivity index (χ4n) is 2.08. The van der Waals surface area contributed by atoms with Gasteiger partial charge in [0.2, 0.25) is 0 Å². The third-order valence-corrected chi connectivity index (χ3v) is 3.11. The number of benzene rings is 1. The van der Waals surface area contributed by atoms with Gasteiger partial charge in [0.25, 0.3) is 0 Å². The molecule has 0 radical (unpaired) electrons. The van der Waals surface area contributed by atoms with Crippen LogP contribution in [-0.2, 0) is 13.1 Å². The van der Waals surface area contributed by atoms with Crippen LogP contribution in [0.2, 0.25) is 0 Å². The summed E-state index contributed by atoms with van der Waals surface area (Å²) in [6.45, 7) is 7.68. The minimum atomic E-state index is 0.691. The molecule has 0 atom stereocenters. The summed E-state index contributed by atoms with van der Waals surface area (Å²) in [5, 5.41) is 3.40. The molecule has 1 aromatic heterocycles. The first-order chi connectivity index (χ1) is 9.29. The lowest BCUT2D eigenvalue weighted by Crippen LogP contribution is -2.22. The van der Waals surface area contributed by atoms with Gasteiger partial charge >= 0.3 is 0 Å². The van der Waals surface area contributed by atoms with E-state index in [-0.39, 0.29) is 0 Å². The van der Waals surface area contributed by atoms with Crippen LogP contribution < -0.4 is 10.1 Å². The molecule has 1 aromatic carbocycles. The number of hydrogen-bond donors (Lipinski definition) is 1. The van der Waals surface area contributed by atoms with E-state index in [0.717, 1.165) is 25.4 Å². The van der Waals surface area contributed by atoms with Crippen molar-refractivity contribution in [2.75, 3.05) is 13.2 Å². The Kier molecular flexibility index (Phi) is 5.04. The topological polar surface area (TPSA) is 26.2 Å². The molecule has 3 nitrogen and oxygen atoms in total. The molecule has 0 fully saturated rings. The van der Waals surface area contributed by atoms with Crippen LogP contribution in [0.3, 0.4) is 0 Å². The van der Waals surface area contributed by atoms with Gasteiger partial charge in [0.15, 0.2) is 0 Å². The number of rotatable bonds is 7. The van der Waals surface area contributed by atoms with Crippen LogP contribution in [-0.4, -0.2) is 17.7 Å². The lowest BCUT2D eigenvalue weighted by molar-refractivity contribution is 0.313. The minimum absolute atomic E-state index is 0.691. The molecular weight excluding hydrogens is 236 g/mol. The van der Waals surface area contributed by atoms with Crippen LogP contribution in [0.25, 0.3) is 0 Å². The number of ether oxygens (including phenoxy) is 1. The van der Waals surface area contributed by atoms with Crippen molar-refractivity contribution >= 4 is 0 Å². The molecule has 0 saturated heterocycles. The average molecular weight is 258 g/mol. The zero-order chi connectivity index (χ0) is 13.5. The second-order valence-corrected chi connectivity index (χ2v) is 4.63. The Labute approximate surface area is 115 Å². The van der Waals surface area contributed by atoms with Gasteiger partial charge in [-0.25, -0.2) is 0 Å². The number of aromatic nitrogens is 1. The first-order valence-electron chi connectivity index (χ1n) is 6.84. The third-order valence-electron chi connectivity index (χ3n) is 3.11. The van der Waals surface area contributed by atoms with Gasteiger partial charge in [-0.3, -0.25) is 0 Å². The van der Waals surface area contributed by atoms with E-state index in [9.17, 15) is 0 Å². The molecule has 0 amide bonds. The Morgan fingerprint density at radius 1 is 1.21 bits per heavy atom. The second-order valence-electron chi connectivity index (χ2n) is 4.63. The molecule has 0 bridgehead atoms. The Morgan fingerprint density at radius 2 is 2.11 bits per heavy atom. The second kappa shape index (κ2) is 7.00. The van der Waals surface area contributed by atoms with E-state index in [1.165, 1.54) is 11.3 Å². The van der Waals surface area contributed by atoms with Crippen LogP contribution in [0.5, 0.6) is 5.75 Å². The van der Waals surface area contributed by atoms with Crippen LogP contribution >= 0.6 is 0 Å². The van der Waals surface area contributed by atoms with E-state index < -0.39 is 0 Å². The summed E-state index contributed by atoms with van der Waals surface area (Å²) >= 11 is 0. The smallest absolute Gasteiger partial charge is 0.119 e. The van der Waals surface area contributed by atoms with Gasteiger partial charge in [-0.05, 0) is 43.7 Å². The van der Waals surface area contributed by atoms with Crippen LogP contribution in [0, 0.1) is 6.92 Å². The summed E-state index contributed by atoms with van der Waals surface area (Å²) in [4.78, 5) is 0. The molecular formula is C16H22N2O. The van der Waals surface area contributed by atoms with Crippen molar-refractivity contribution in [1.82, 2.24) is 9.88 Å². The fourth-order valence-corrected chi connectivity index (χ4v) is 2.08. The predicted octanol–water partition coefficient (Wildman–Crippen LogP) is 2.99. The van der Waals surface area contributed by atoms with Gasteiger partial charge in [0.1, 0.15) is 12.4 Å². The lowest BCUT2D eigenvalue weighted by atomic mass is 10.2. The average Bonchev–Trinajstić information content (AvgIpc) is 2.86. The summed E-state index contributed by atoms with van der Waals surface area (Å²) in [5.41, 5.74) is 2.55. The zero-order valence-electron chi connectivity index (χ0n) is 11.7. The predicted molar refractivity (Wildman–Crippen MR) is 78.5 cm³/mol. The highest BCUT2D eigenvalue weighted by Gasteiger charge is 1.98. The molecule has 0 aliphatic rings. The summed E-state index contributed by atoms with van der Waals surface area (Å²) in [6, 6.07) is 12.4. The highest BCUT2D eigenvalue weighted by atomic mass is 16.5. The van der Waals surface area contributed by atoms with Gasteiger partial charge in [-0.1, -0.05) is 12.1 Å². The van der Waals surface area contributed by atoms with Crippen LogP contribution in [0.1, 0.15) is 18.2 Å². The number of aryl methyl sites for hydroxylation is 2. The summed E-state index contributed by atoms with van der Waals surface area (Å²) in [5.74, 6) is 0.943. The van der Waals surface area contributed by atoms with E-state index in [1.54, 1.807) is 0 Å². The summed E-state index contributed by atoms with van der Waals surface area (Å²) < 4.78 is 7.94. The Bertz CT molecular complexity index is 505. The Balaban J connectivity index is 1.67. The Morgan fingerprint density at radius 3 is 2.89 bits per heavy atom. The fraction of sp³-hybridized carbons (Fsp3) is 0.375. The van der Waals surface area contributed by atoms with Crippen molar-refractivity contribution in [3.63, 3.8) is 0 Å². The summed E-state index contributed by atoms with van der Waals surface area (Å²) in [7, 11) is 0. The zero-order valence-corrected chi connectivity index (χ0v) is 11.7. The number of hydrogen-bond acceptors (Lipinski definition) is 2. The standard InChI is InChI=1S/C16H22N2O/c1-3-18-10-5-7-15(18)13-17-9-11-19-16-8-4-6-14(2)12-16/h4-8,10,12,17H,3,9,11,13H2,1-2H3. The maximum atomic E-state index is 5.69. The van der Waals surface area contributed by atoms with Crippen LogP contribution in [0.15, 0.2) is 42.6 Å². The molecule has 0 unspecified atom stereocenters. The molecule has 19 heavy (non-hydrogen) atoms. The van der Waals surface area contributed by atoms with Crippen molar-refractivity contribution in [2.45, 2.75) is 26.9 Å². The normalized spacial score (nSPS) is 10.6. The van der Waals surface area contributed by atoms with Crippen molar-refractivity contribution < 1.29 is 4.74 Å². The van der Waals surface area contributed by atoms with Gasteiger partial charge < -0.3 is 14.6 Å². The highest BCUT2D eigenvalue weighted by Crippen LogP contribution is 2.11. The van der Waals surface area contributed by atoms with Crippen molar-refractivity contribution in [3.05, 3.63) is 53.9 Å². The number of nitrogens with one attached hydrogen (secondary N) is 1. The van der Waals surface area contributed by atoms with Crippen LogP contribution in [0.4, 0.5) is 0 Å². The largest absolute Gasteiger partial charge is 0.492 e. The molecule has 102 valence electrons. The maximum absolute atomic E-state index is 5.69. The van der Waals surface area contributed by atoms with E-state index in [2.05, 4.69) is 54.2 Å². The third kappa shape index (κ3) is 4.14. The molecule has 2 aromatic rings. The first kappa shape index (κ1) is 13.7. The van der Waals surface area contributed by atoms with Crippen molar-refractivity contribution in [2.24, 2.45) is 0 Å². The van der Waals surface area contributed by atoms with Gasteiger partial charge in [-0.15, -0.1) is 0 Å². The molecule has 2 rings (SSSR count). The Hall–Kier alpha value is -1.74. The molecule has 0 aliphatic carbocycles. The number of nitrogens with zero attached hydrogens (tertiary/aromatic N) is 1. The quantitative estimate of drug-likeness (QED) is 0.773. The molecule has 0 saturated carbocycles. The van der Waals surface area contributed by atoms with Crippen molar-refractivity contribution in [1.29, 1.82) is 0 Å². The van der Waals surface area contributed by atoms with Gasteiger partial charge in [0.05, 0.1) is 0 Å². The maximum Gasteiger partial charge on any atom is 0.119 e.